The summed E-state index contributed by atoms with van der Waals surface area (Å²) >= 11 is 6.02. The molecule has 1 rings (SSSR count). The predicted molar refractivity (Wildman–Crippen MR) is 91.9 cm³/mol. The zero-order valence-corrected chi connectivity index (χ0v) is 14.5. The minimum atomic E-state index is -0.526. The molecule has 128 valence electrons. The SMILES string of the molecule is CCCC(N)C(=O)NCCC(=O)Nc1cc(C)c(Cl)cc1OC. The lowest BCUT2D eigenvalue weighted by atomic mass is 10.1. The molecule has 0 heterocycles. The number of nitrogens with two attached hydrogens (primary N) is 1. The van der Waals surface area contributed by atoms with Gasteiger partial charge in [-0.3, -0.25) is 9.59 Å². The molecule has 6 nitrogen and oxygen atoms in total. The molecule has 0 aliphatic heterocycles. The van der Waals surface area contributed by atoms with Gasteiger partial charge in [0, 0.05) is 24.1 Å². The molecule has 7 heteroatoms. The first-order chi connectivity index (χ1) is 10.9. The van der Waals surface area contributed by atoms with E-state index in [2.05, 4.69) is 10.6 Å². The van der Waals surface area contributed by atoms with Crippen LogP contribution in [0.15, 0.2) is 12.1 Å². The molecule has 1 unspecified atom stereocenters. The van der Waals surface area contributed by atoms with Crippen LogP contribution in [0.25, 0.3) is 0 Å². The molecule has 0 spiro atoms. The highest BCUT2D eigenvalue weighted by molar-refractivity contribution is 6.31. The van der Waals surface area contributed by atoms with Crippen LogP contribution in [0.1, 0.15) is 31.7 Å². The highest BCUT2D eigenvalue weighted by Gasteiger charge is 2.13. The number of ether oxygens (including phenoxy) is 1. The molecule has 0 saturated carbocycles. The van der Waals surface area contributed by atoms with E-state index in [9.17, 15) is 9.59 Å². The summed E-state index contributed by atoms with van der Waals surface area (Å²) in [6.45, 7) is 4.03. The number of carbonyl (C=O) groups is 2. The summed E-state index contributed by atoms with van der Waals surface area (Å²) in [5, 5.41) is 5.98. The van der Waals surface area contributed by atoms with Crippen molar-refractivity contribution in [2.24, 2.45) is 5.73 Å². The van der Waals surface area contributed by atoms with Crippen molar-refractivity contribution in [1.82, 2.24) is 5.32 Å². The van der Waals surface area contributed by atoms with Gasteiger partial charge in [0.2, 0.25) is 11.8 Å². The van der Waals surface area contributed by atoms with Crippen LogP contribution in [0, 0.1) is 6.92 Å². The maximum atomic E-state index is 12.0. The number of carbonyl (C=O) groups excluding carboxylic acids is 2. The molecule has 1 aromatic carbocycles. The fourth-order valence-electron chi connectivity index (χ4n) is 2.01. The predicted octanol–water partition coefficient (Wildman–Crippen LogP) is 2.23. The minimum Gasteiger partial charge on any atom is -0.495 e. The molecule has 0 aromatic heterocycles. The Hall–Kier alpha value is -1.79. The first-order valence-corrected chi connectivity index (χ1v) is 7.94. The second-order valence-corrected chi connectivity index (χ2v) is 5.69. The number of halogens is 1. The van der Waals surface area contributed by atoms with Gasteiger partial charge in [-0.05, 0) is 25.0 Å². The zero-order chi connectivity index (χ0) is 17.4. The van der Waals surface area contributed by atoms with E-state index in [4.69, 9.17) is 22.1 Å². The third kappa shape index (κ3) is 6.08. The number of hydrogen-bond donors (Lipinski definition) is 3. The number of methoxy groups -OCH3 is 1. The Morgan fingerprint density at radius 1 is 1.39 bits per heavy atom. The number of hydrogen-bond acceptors (Lipinski definition) is 4. The molecule has 2 amide bonds. The lowest BCUT2D eigenvalue weighted by Crippen LogP contribution is -2.41. The first kappa shape index (κ1) is 19.3. The van der Waals surface area contributed by atoms with Crippen LogP contribution in [0.2, 0.25) is 5.02 Å². The molecule has 4 N–H and O–H groups in total. The summed E-state index contributed by atoms with van der Waals surface area (Å²) in [5.41, 5.74) is 7.08. The second-order valence-electron chi connectivity index (χ2n) is 5.29. The monoisotopic (exact) mass is 341 g/mol. The molecule has 0 saturated heterocycles. The average Bonchev–Trinajstić information content (AvgIpc) is 2.50. The summed E-state index contributed by atoms with van der Waals surface area (Å²) in [4.78, 5) is 23.6. The van der Waals surface area contributed by atoms with Gasteiger partial charge in [0.15, 0.2) is 0 Å². The second kappa shape index (κ2) is 9.37. The molecule has 0 aliphatic rings. The van der Waals surface area contributed by atoms with Crippen LogP contribution in [-0.2, 0) is 9.59 Å². The Bertz CT molecular complexity index is 564. The minimum absolute atomic E-state index is 0.148. The van der Waals surface area contributed by atoms with Gasteiger partial charge in [0.25, 0.3) is 0 Å². The van der Waals surface area contributed by atoms with Crippen molar-refractivity contribution in [2.45, 2.75) is 39.2 Å². The van der Waals surface area contributed by atoms with E-state index in [0.29, 0.717) is 22.9 Å². The van der Waals surface area contributed by atoms with Crippen molar-refractivity contribution in [3.8, 4) is 5.75 Å². The number of nitrogens with one attached hydrogen (secondary N) is 2. The van der Waals surface area contributed by atoms with E-state index in [0.717, 1.165) is 12.0 Å². The Balaban J connectivity index is 2.51. The summed E-state index contributed by atoms with van der Waals surface area (Å²) in [6.07, 6.45) is 1.61. The quantitative estimate of drug-likeness (QED) is 0.676. The van der Waals surface area contributed by atoms with Gasteiger partial charge in [0.1, 0.15) is 5.75 Å². The number of amides is 2. The van der Waals surface area contributed by atoms with Crippen LogP contribution >= 0.6 is 11.6 Å². The fourth-order valence-corrected chi connectivity index (χ4v) is 2.17. The van der Waals surface area contributed by atoms with Crippen LogP contribution in [0.3, 0.4) is 0 Å². The molecule has 0 bridgehead atoms. The molecule has 1 aromatic rings. The number of benzene rings is 1. The Labute approximate surface area is 141 Å². The highest BCUT2D eigenvalue weighted by Crippen LogP contribution is 2.30. The molecule has 23 heavy (non-hydrogen) atoms. The van der Waals surface area contributed by atoms with Gasteiger partial charge in [-0.25, -0.2) is 0 Å². The van der Waals surface area contributed by atoms with E-state index in [-0.39, 0.29) is 24.8 Å². The summed E-state index contributed by atoms with van der Waals surface area (Å²) in [5.74, 6) is 0.0249. The third-order valence-corrected chi connectivity index (χ3v) is 3.75. The van der Waals surface area contributed by atoms with Crippen molar-refractivity contribution < 1.29 is 14.3 Å². The van der Waals surface area contributed by atoms with Crippen LogP contribution in [0.5, 0.6) is 5.75 Å². The first-order valence-electron chi connectivity index (χ1n) is 7.56. The van der Waals surface area contributed by atoms with Crippen LogP contribution in [0.4, 0.5) is 5.69 Å². The Kier molecular flexibility index (Phi) is 7.85. The van der Waals surface area contributed by atoms with E-state index in [1.165, 1.54) is 7.11 Å². The largest absolute Gasteiger partial charge is 0.495 e. The molecule has 0 aliphatic carbocycles. The maximum Gasteiger partial charge on any atom is 0.236 e. The van der Waals surface area contributed by atoms with Crippen molar-refractivity contribution >= 4 is 29.1 Å². The zero-order valence-electron chi connectivity index (χ0n) is 13.7. The molecule has 1 atom stereocenters. The van der Waals surface area contributed by atoms with E-state index >= 15 is 0 Å². The standard InChI is InChI=1S/C16H24ClN3O3/c1-4-5-12(18)16(22)19-7-6-15(21)20-13-8-10(2)11(17)9-14(13)23-3/h8-9,12H,4-7,18H2,1-3H3,(H,19,22)(H,20,21). The molecule has 0 radical (unpaired) electrons. The van der Waals surface area contributed by atoms with Crippen molar-refractivity contribution in [3.63, 3.8) is 0 Å². The number of aryl methyl sites for hydroxylation is 1. The fraction of sp³-hybridized carbons (Fsp3) is 0.500. The Morgan fingerprint density at radius 2 is 2.09 bits per heavy atom. The summed E-state index contributed by atoms with van der Waals surface area (Å²) in [7, 11) is 1.51. The van der Waals surface area contributed by atoms with Crippen LogP contribution < -0.4 is 21.1 Å². The van der Waals surface area contributed by atoms with E-state index in [1.807, 2.05) is 13.8 Å². The summed E-state index contributed by atoms with van der Waals surface area (Å²) < 4.78 is 5.20. The average molecular weight is 342 g/mol. The van der Waals surface area contributed by atoms with Gasteiger partial charge >= 0.3 is 0 Å². The van der Waals surface area contributed by atoms with E-state index in [1.54, 1.807) is 12.1 Å². The van der Waals surface area contributed by atoms with Crippen LogP contribution in [-0.4, -0.2) is 31.5 Å². The number of rotatable bonds is 8. The molecular weight excluding hydrogens is 318 g/mol. The third-order valence-electron chi connectivity index (χ3n) is 3.34. The summed E-state index contributed by atoms with van der Waals surface area (Å²) in [6, 6.07) is 2.87. The lowest BCUT2D eigenvalue weighted by molar-refractivity contribution is -0.122. The maximum absolute atomic E-state index is 12.0. The normalized spacial score (nSPS) is 11.7. The van der Waals surface area contributed by atoms with Crippen molar-refractivity contribution in [2.75, 3.05) is 19.0 Å². The molecule has 0 fully saturated rings. The van der Waals surface area contributed by atoms with Gasteiger partial charge in [-0.1, -0.05) is 24.9 Å². The Morgan fingerprint density at radius 3 is 2.70 bits per heavy atom. The van der Waals surface area contributed by atoms with Gasteiger partial charge < -0.3 is 21.1 Å². The molecular formula is C16H24ClN3O3. The lowest BCUT2D eigenvalue weighted by Gasteiger charge is -2.13. The van der Waals surface area contributed by atoms with Crippen molar-refractivity contribution in [1.29, 1.82) is 0 Å². The van der Waals surface area contributed by atoms with E-state index < -0.39 is 6.04 Å². The van der Waals surface area contributed by atoms with Gasteiger partial charge in [0.05, 0.1) is 18.8 Å². The number of anilines is 1. The van der Waals surface area contributed by atoms with Gasteiger partial charge in [-0.2, -0.15) is 0 Å². The highest BCUT2D eigenvalue weighted by atomic mass is 35.5. The smallest absolute Gasteiger partial charge is 0.236 e. The van der Waals surface area contributed by atoms with Crippen molar-refractivity contribution in [3.05, 3.63) is 22.7 Å². The van der Waals surface area contributed by atoms with Gasteiger partial charge in [-0.15, -0.1) is 0 Å². The topological polar surface area (TPSA) is 93.5 Å².